The summed E-state index contributed by atoms with van der Waals surface area (Å²) in [6, 6.07) is 12.0. The van der Waals surface area contributed by atoms with Crippen molar-refractivity contribution in [2.45, 2.75) is 133 Å². The van der Waals surface area contributed by atoms with Gasteiger partial charge in [-0.15, -0.1) is 0 Å². The van der Waals surface area contributed by atoms with Crippen LogP contribution in [-0.2, 0) is 30.1 Å². The SMILES string of the molecule is COC(=O)NC1CCC(c2ccc(-c3nc4c(cc3Cl)nc(O[C@@H]3CO[C@H]5[C@@H]3OC[C@H]5O[Si](C)(C)C(C)(C)C)n4COCC[Si](C)(C)C)cc2)CC1. The lowest BCUT2D eigenvalue weighted by Gasteiger charge is -2.39. The number of nitrogens with zero attached hydrogens (tertiary/aromatic N) is 3. The Morgan fingerprint density at radius 2 is 1.63 bits per heavy atom. The lowest BCUT2D eigenvalue weighted by Crippen LogP contribution is -2.47. The van der Waals surface area contributed by atoms with Gasteiger partial charge >= 0.3 is 12.1 Å². The number of alkyl carbamates (subject to hydrolysis) is 1. The summed E-state index contributed by atoms with van der Waals surface area (Å²) in [5, 5.41) is 3.54. The third-order valence-electron chi connectivity index (χ3n) is 11.2. The van der Waals surface area contributed by atoms with Gasteiger partial charge in [0.25, 0.3) is 0 Å². The number of imidazole rings is 1. The van der Waals surface area contributed by atoms with Gasteiger partial charge in [0.05, 0.1) is 37.1 Å². The number of carbonyl (C=O) groups is 1. The van der Waals surface area contributed by atoms with Crippen molar-refractivity contribution in [3.05, 3.63) is 40.9 Å². The number of benzene rings is 1. The van der Waals surface area contributed by atoms with E-state index in [0.29, 0.717) is 53.6 Å². The van der Waals surface area contributed by atoms with Crippen LogP contribution in [0.25, 0.3) is 22.4 Å². The molecule has 3 fully saturated rings. The Morgan fingerprint density at radius 3 is 2.27 bits per heavy atom. The van der Waals surface area contributed by atoms with E-state index in [9.17, 15) is 4.79 Å². The van der Waals surface area contributed by atoms with Crippen molar-refractivity contribution in [3.8, 4) is 17.3 Å². The van der Waals surface area contributed by atoms with Crippen molar-refractivity contribution in [3.63, 3.8) is 0 Å². The molecule has 1 amide bonds. The fraction of sp³-hybridized carbons (Fsp3) is 0.658. The molecule has 4 heterocycles. The molecular weight excluding hydrogens is 716 g/mol. The standard InChI is InChI=1S/C38H57ClN4O7Si2/c1-38(2,3)52(8,9)50-31-22-48-33-30(21-47-34(31)33)49-36-41-29-20-28(39)32(42-35(29)43(36)23-46-18-19-51(5,6)7)26-12-10-24(11-13-26)25-14-16-27(17-15-25)40-37(44)45-4/h10-13,20,25,27,30-31,33-34H,14-19,21-23H2,1-9H3,(H,40,44)/t25?,27?,30-,31-,33-,34-/m1/s1. The number of amides is 1. The molecule has 11 nitrogen and oxygen atoms in total. The Bertz CT molecular complexity index is 1700. The van der Waals surface area contributed by atoms with E-state index in [1.165, 1.54) is 12.7 Å². The lowest BCUT2D eigenvalue weighted by atomic mass is 9.81. The van der Waals surface area contributed by atoms with Gasteiger partial charge in [-0.05, 0) is 67.4 Å². The van der Waals surface area contributed by atoms with Crippen molar-refractivity contribution in [1.82, 2.24) is 19.9 Å². The predicted molar refractivity (Wildman–Crippen MR) is 209 cm³/mol. The van der Waals surface area contributed by atoms with Gasteiger partial charge in [0.2, 0.25) is 0 Å². The third kappa shape index (κ3) is 8.88. The van der Waals surface area contributed by atoms with Gasteiger partial charge in [-0.2, -0.15) is 4.98 Å². The molecule has 0 unspecified atom stereocenters. The summed E-state index contributed by atoms with van der Waals surface area (Å²) in [4.78, 5) is 21.6. The molecule has 1 saturated carbocycles. The van der Waals surface area contributed by atoms with E-state index in [1.54, 1.807) is 0 Å². The maximum atomic E-state index is 11.6. The molecule has 1 aliphatic carbocycles. The summed E-state index contributed by atoms with van der Waals surface area (Å²) >= 11 is 6.90. The number of methoxy groups -OCH3 is 1. The van der Waals surface area contributed by atoms with E-state index in [1.807, 2.05) is 10.6 Å². The second-order valence-electron chi connectivity index (χ2n) is 17.3. The number of fused-ring (bicyclic) bond motifs is 2. The zero-order chi connectivity index (χ0) is 37.4. The van der Waals surface area contributed by atoms with E-state index in [2.05, 4.69) is 83.1 Å². The monoisotopic (exact) mass is 772 g/mol. The number of aromatic nitrogens is 3. The highest BCUT2D eigenvalue weighted by Crippen LogP contribution is 2.41. The molecule has 6 rings (SSSR count). The maximum absolute atomic E-state index is 11.6. The molecule has 14 heteroatoms. The molecular formula is C38H57ClN4O7Si2. The maximum Gasteiger partial charge on any atom is 0.407 e. The van der Waals surface area contributed by atoms with E-state index >= 15 is 0 Å². The topological polar surface area (TPSA) is 115 Å². The van der Waals surface area contributed by atoms with Crippen LogP contribution in [0.2, 0.25) is 48.8 Å². The Kier molecular flexibility index (Phi) is 11.8. The summed E-state index contributed by atoms with van der Waals surface area (Å²) in [6.07, 6.45) is 2.54. The van der Waals surface area contributed by atoms with Crippen LogP contribution in [0.1, 0.15) is 57.9 Å². The summed E-state index contributed by atoms with van der Waals surface area (Å²) < 4.78 is 38.8. The van der Waals surface area contributed by atoms with E-state index in [-0.39, 0.29) is 48.3 Å². The zero-order valence-corrected chi connectivity index (χ0v) is 35.0. The van der Waals surface area contributed by atoms with Gasteiger partial charge in [-0.1, -0.05) is 76.3 Å². The minimum Gasteiger partial charge on any atom is -0.456 e. The average molecular weight is 774 g/mol. The first kappa shape index (κ1) is 39.2. The predicted octanol–water partition coefficient (Wildman–Crippen LogP) is 8.38. The van der Waals surface area contributed by atoms with Gasteiger partial charge < -0.3 is 33.4 Å². The molecule has 1 N–H and O–H groups in total. The van der Waals surface area contributed by atoms with Crippen molar-refractivity contribution >= 4 is 45.2 Å². The Labute approximate surface area is 315 Å². The quantitative estimate of drug-likeness (QED) is 0.143. The second-order valence-corrected chi connectivity index (χ2v) is 28.1. The molecule has 3 aliphatic rings. The van der Waals surface area contributed by atoms with Crippen LogP contribution in [0.3, 0.4) is 0 Å². The van der Waals surface area contributed by atoms with Gasteiger partial charge in [0.15, 0.2) is 20.1 Å². The summed E-state index contributed by atoms with van der Waals surface area (Å²) in [7, 11) is -1.91. The minimum absolute atomic E-state index is 0.0836. The summed E-state index contributed by atoms with van der Waals surface area (Å²) in [6.45, 7) is 20.0. The van der Waals surface area contributed by atoms with Crippen LogP contribution in [0.4, 0.5) is 4.79 Å². The van der Waals surface area contributed by atoms with Crippen LogP contribution in [-0.4, -0.2) is 94.4 Å². The lowest BCUT2D eigenvalue weighted by molar-refractivity contribution is 0.00687. The first-order valence-corrected chi connectivity index (χ1v) is 25.7. The molecule has 0 bridgehead atoms. The van der Waals surface area contributed by atoms with Gasteiger partial charge in [0, 0.05) is 26.3 Å². The normalized spacial score (nSPS) is 25.3. The third-order valence-corrected chi connectivity index (χ3v) is 17.7. The fourth-order valence-corrected chi connectivity index (χ4v) is 9.30. The van der Waals surface area contributed by atoms with Crippen LogP contribution in [0, 0.1) is 0 Å². The number of nitrogens with one attached hydrogen (secondary N) is 1. The average Bonchev–Trinajstić information content (AvgIpc) is 3.76. The first-order valence-electron chi connectivity index (χ1n) is 18.7. The second kappa shape index (κ2) is 15.7. The molecule has 0 radical (unpaired) electrons. The molecule has 52 heavy (non-hydrogen) atoms. The van der Waals surface area contributed by atoms with E-state index in [0.717, 1.165) is 37.3 Å². The molecule has 3 aromatic rings. The largest absolute Gasteiger partial charge is 0.456 e. The van der Waals surface area contributed by atoms with Crippen molar-refractivity contribution < 1.29 is 32.9 Å². The fourth-order valence-electron chi connectivity index (χ4n) is 6.98. The number of carbonyl (C=O) groups excluding carboxylic acids is 1. The smallest absolute Gasteiger partial charge is 0.407 e. The highest BCUT2D eigenvalue weighted by atomic mass is 35.5. The Hall–Kier alpha value is -2.53. The van der Waals surface area contributed by atoms with Crippen LogP contribution >= 0.6 is 11.6 Å². The minimum atomic E-state index is -2.02. The van der Waals surface area contributed by atoms with E-state index in [4.69, 9.17) is 49.7 Å². The van der Waals surface area contributed by atoms with Crippen LogP contribution in [0.15, 0.2) is 30.3 Å². The van der Waals surface area contributed by atoms with Crippen molar-refractivity contribution in [2.75, 3.05) is 26.9 Å². The van der Waals surface area contributed by atoms with Crippen molar-refractivity contribution in [1.29, 1.82) is 0 Å². The number of rotatable bonds is 12. The summed E-state index contributed by atoms with van der Waals surface area (Å²) in [5.74, 6) is 0.432. The molecule has 286 valence electrons. The first-order chi connectivity index (χ1) is 24.5. The van der Waals surface area contributed by atoms with Gasteiger partial charge in [-0.3, -0.25) is 4.57 Å². The molecule has 2 aliphatic heterocycles. The van der Waals surface area contributed by atoms with Crippen LogP contribution < -0.4 is 10.1 Å². The van der Waals surface area contributed by atoms with Crippen molar-refractivity contribution in [2.24, 2.45) is 0 Å². The highest BCUT2D eigenvalue weighted by Gasteiger charge is 2.52. The van der Waals surface area contributed by atoms with Gasteiger partial charge in [0.1, 0.15) is 24.5 Å². The Morgan fingerprint density at radius 1 is 0.981 bits per heavy atom. The number of pyridine rings is 1. The number of ether oxygens (including phenoxy) is 5. The number of hydrogen-bond acceptors (Lipinski definition) is 9. The van der Waals surface area contributed by atoms with E-state index < -0.39 is 16.4 Å². The number of hydrogen-bond donors (Lipinski definition) is 1. The number of halogens is 1. The highest BCUT2D eigenvalue weighted by molar-refractivity contribution is 6.76. The zero-order valence-electron chi connectivity index (χ0n) is 32.3. The molecule has 2 saturated heterocycles. The van der Waals surface area contributed by atoms with Crippen LogP contribution in [0.5, 0.6) is 6.01 Å². The molecule has 4 atom stereocenters. The van der Waals surface area contributed by atoms with Gasteiger partial charge in [-0.25, -0.2) is 9.78 Å². The molecule has 0 spiro atoms. The summed E-state index contributed by atoms with van der Waals surface area (Å²) in [5.41, 5.74) is 4.15. The molecule has 1 aromatic carbocycles. The molecule has 2 aromatic heterocycles. The Balaban J connectivity index is 1.21.